The Kier molecular flexibility index (Phi) is 5.42. The summed E-state index contributed by atoms with van der Waals surface area (Å²) in [4.78, 5) is 32.6. The number of halogens is 4. The number of imidazole rings is 1. The fourth-order valence-corrected chi connectivity index (χ4v) is 4.02. The molecule has 1 aliphatic heterocycles. The third-order valence-electron chi connectivity index (χ3n) is 5.43. The number of benzene rings is 1. The van der Waals surface area contributed by atoms with E-state index >= 15 is 0 Å². The van der Waals surface area contributed by atoms with Gasteiger partial charge < -0.3 is 9.80 Å². The summed E-state index contributed by atoms with van der Waals surface area (Å²) in [7, 11) is 1.66. The highest BCUT2D eigenvalue weighted by atomic mass is 35.5. The minimum absolute atomic E-state index is 0.0839. The Bertz CT molecular complexity index is 1200. The standard InChI is InChI=1S/C20H19ClF3N5O2/c1-26-15-4-2-3-5-16(15)29(19(26)31)12-17(30)27-6-8-28(9-7-27)18-14(21)10-13(11-25-18)20(22,23)24/h2-5,10-11H,6-9,12H2,1H3. The fraction of sp³-hybridized carbons (Fsp3) is 0.350. The van der Waals surface area contributed by atoms with Crippen molar-refractivity contribution in [3.8, 4) is 0 Å². The molecule has 0 aliphatic carbocycles. The monoisotopic (exact) mass is 453 g/mol. The molecule has 11 heteroatoms. The van der Waals surface area contributed by atoms with Gasteiger partial charge in [-0.05, 0) is 18.2 Å². The molecule has 0 atom stereocenters. The van der Waals surface area contributed by atoms with Gasteiger partial charge in [0.05, 0.1) is 21.6 Å². The van der Waals surface area contributed by atoms with Gasteiger partial charge in [0.1, 0.15) is 12.4 Å². The quantitative estimate of drug-likeness (QED) is 0.612. The molecule has 1 amide bonds. The lowest BCUT2D eigenvalue weighted by molar-refractivity contribution is -0.138. The number of aryl methyl sites for hydroxylation is 1. The Morgan fingerprint density at radius 3 is 2.39 bits per heavy atom. The summed E-state index contributed by atoms with van der Waals surface area (Å²) in [5.74, 6) is 0.0524. The van der Waals surface area contributed by atoms with Crippen molar-refractivity contribution in [2.75, 3.05) is 31.1 Å². The van der Waals surface area contributed by atoms with E-state index in [0.717, 1.165) is 17.8 Å². The Morgan fingerprint density at radius 1 is 1.13 bits per heavy atom. The van der Waals surface area contributed by atoms with Gasteiger partial charge in [-0.1, -0.05) is 23.7 Å². The van der Waals surface area contributed by atoms with Crippen LogP contribution >= 0.6 is 11.6 Å². The van der Waals surface area contributed by atoms with Gasteiger partial charge in [0.15, 0.2) is 0 Å². The number of amides is 1. The van der Waals surface area contributed by atoms with Crippen molar-refractivity contribution >= 4 is 34.4 Å². The molecule has 3 aromatic rings. The summed E-state index contributed by atoms with van der Waals surface area (Å²) in [5.41, 5.74) is 0.250. The maximum Gasteiger partial charge on any atom is 0.417 e. The second-order valence-corrected chi connectivity index (χ2v) is 7.72. The van der Waals surface area contributed by atoms with Gasteiger partial charge in [-0.3, -0.25) is 13.9 Å². The third kappa shape index (κ3) is 3.99. The highest BCUT2D eigenvalue weighted by molar-refractivity contribution is 6.33. The summed E-state index contributed by atoms with van der Waals surface area (Å²) in [6, 6.07) is 8.10. The van der Waals surface area contributed by atoms with Crippen LogP contribution in [0.25, 0.3) is 11.0 Å². The largest absolute Gasteiger partial charge is 0.417 e. The van der Waals surface area contributed by atoms with Crippen LogP contribution in [-0.2, 0) is 24.6 Å². The first-order valence-electron chi connectivity index (χ1n) is 9.56. The number of aromatic nitrogens is 3. The lowest BCUT2D eigenvalue weighted by atomic mass is 10.2. The molecule has 164 valence electrons. The van der Waals surface area contributed by atoms with Crippen molar-refractivity contribution in [3.63, 3.8) is 0 Å². The Labute approximate surface area is 180 Å². The number of hydrogen-bond donors (Lipinski definition) is 0. The Hall–Kier alpha value is -3.01. The average molecular weight is 454 g/mol. The van der Waals surface area contributed by atoms with Crippen molar-refractivity contribution in [2.24, 2.45) is 7.05 Å². The second kappa shape index (κ2) is 7.92. The van der Waals surface area contributed by atoms with Gasteiger partial charge in [-0.2, -0.15) is 13.2 Å². The molecule has 0 N–H and O–H groups in total. The predicted molar refractivity (Wildman–Crippen MR) is 110 cm³/mol. The SMILES string of the molecule is Cn1c(=O)n(CC(=O)N2CCN(c3ncc(C(F)(F)F)cc3Cl)CC2)c2ccccc21. The number of anilines is 1. The fourth-order valence-electron chi connectivity index (χ4n) is 3.74. The molecule has 7 nitrogen and oxygen atoms in total. The smallest absolute Gasteiger partial charge is 0.352 e. The zero-order valence-electron chi connectivity index (χ0n) is 16.6. The highest BCUT2D eigenvalue weighted by Gasteiger charge is 2.32. The number of para-hydroxylation sites is 2. The predicted octanol–water partition coefficient (Wildman–Crippen LogP) is 2.76. The van der Waals surface area contributed by atoms with Crippen molar-refractivity contribution in [1.82, 2.24) is 19.0 Å². The maximum atomic E-state index is 12.8. The molecule has 1 saturated heterocycles. The normalized spacial score (nSPS) is 15.0. The van der Waals surface area contributed by atoms with Crippen LogP contribution in [0.15, 0.2) is 41.3 Å². The second-order valence-electron chi connectivity index (χ2n) is 7.31. The molecule has 1 aliphatic rings. The first kappa shape index (κ1) is 21.2. The third-order valence-corrected chi connectivity index (χ3v) is 5.70. The summed E-state index contributed by atoms with van der Waals surface area (Å²) in [6.45, 7) is 1.34. The first-order chi connectivity index (χ1) is 14.7. The number of fused-ring (bicyclic) bond motifs is 1. The van der Waals surface area contributed by atoms with Crippen LogP contribution in [0.4, 0.5) is 19.0 Å². The molecule has 3 heterocycles. The number of rotatable bonds is 3. The number of carbonyl (C=O) groups excluding carboxylic acids is 1. The Balaban J connectivity index is 1.45. The van der Waals surface area contributed by atoms with E-state index in [1.54, 1.807) is 22.9 Å². The van der Waals surface area contributed by atoms with E-state index in [-0.39, 0.29) is 29.0 Å². The molecule has 0 radical (unpaired) electrons. The van der Waals surface area contributed by atoms with E-state index in [9.17, 15) is 22.8 Å². The van der Waals surface area contributed by atoms with Gasteiger partial charge in [-0.15, -0.1) is 0 Å². The molecule has 2 aromatic heterocycles. The van der Waals surface area contributed by atoms with Crippen LogP contribution in [0.3, 0.4) is 0 Å². The summed E-state index contributed by atoms with van der Waals surface area (Å²) >= 11 is 6.03. The maximum absolute atomic E-state index is 12.8. The molecule has 0 spiro atoms. The molecule has 4 rings (SSSR count). The number of carbonyl (C=O) groups is 1. The van der Waals surface area contributed by atoms with E-state index in [0.29, 0.717) is 31.7 Å². The minimum Gasteiger partial charge on any atom is -0.352 e. The van der Waals surface area contributed by atoms with Crippen LogP contribution < -0.4 is 10.6 Å². The zero-order chi connectivity index (χ0) is 22.3. The van der Waals surface area contributed by atoms with Crippen molar-refractivity contribution < 1.29 is 18.0 Å². The van der Waals surface area contributed by atoms with Crippen LogP contribution in [0.2, 0.25) is 5.02 Å². The molecule has 1 fully saturated rings. The van der Waals surface area contributed by atoms with Crippen LogP contribution in [0.1, 0.15) is 5.56 Å². The number of hydrogen-bond acceptors (Lipinski definition) is 4. The van der Waals surface area contributed by atoms with Crippen molar-refractivity contribution in [1.29, 1.82) is 0 Å². The lowest BCUT2D eigenvalue weighted by Crippen LogP contribution is -2.50. The molecular weight excluding hydrogens is 435 g/mol. The summed E-state index contributed by atoms with van der Waals surface area (Å²) in [5, 5.41) is -0.0862. The molecule has 31 heavy (non-hydrogen) atoms. The van der Waals surface area contributed by atoms with Crippen LogP contribution in [0.5, 0.6) is 0 Å². The van der Waals surface area contributed by atoms with E-state index in [1.165, 1.54) is 9.13 Å². The molecule has 0 saturated carbocycles. The van der Waals surface area contributed by atoms with Gasteiger partial charge in [0, 0.05) is 39.4 Å². The zero-order valence-corrected chi connectivity index (χ0v) is 17.3. The lowest BCUT2D eigenvalue weighted by Gasteiger charge is -2.35. The van der Waals surface area contributed by atoms with E-state index in [4.69, 9.17) is 11.6 Å². The summed E-state index contributed by atoms with van der Waals surface area (Å²) in [6.07, 6.45) is -3.76. The number of alkyl halides is 3. The van der Waals surface area contributed by atoms with Gasteiger partial charge >= 0.3 is 11.9 Å². The highest BCUT2D eigenvalue weighted by Crippen LogP contribution is 2.33. The number of piperazine rings is 1. The van der Waals surface area contributed by atoms with Gasteiger partial charge in [-0.25, -0.2) is 9.78 Å². The van der Waals surface area contributed by atoms with Crippen LogP contribution in [0, 0.1) is 0 Å². The molecule has 0 unspecified atom stereocenters. The van der Waals surface area contributed by atoms with Gasteiger partial charge in [0.25, 0.3) is 0 Å². The number of pyridine rings is 1. The number of nitrogens with zero attached hydrogens (tertiary/aromatic N) is 5. The molecule has 1 aromatic carbocycles. The first-order valence-corrected chi connectivity index (χ1v) is 9.94. The average Bonchev–Trinajstić information content (AvgIpc) is 2.98. The summed E-state index contributed by atoms with van der Waals surface area (Å²) < 4.78 is 41.4. The molecule has 0 bridgehead atoms. The van der Waals surface area contributed by atoms with E-state index in [2.05, 4.69) is 4.98 Å². The minimum atomic E-state index is -4.51. The Morgan fingerprint density at radius 2 is 1.77 bits per heavy atom. The van der Waals surface area contributed by atoms with Crippen molar-refractivity contribution in [3.05, 3.63) is 57.6 Å². The van der Waals surface area contributed by atoms with Gasteiger partial charge in [0.2, 0.25) is 5.91 Å². The van der Waals surface area contributed by atoms with E-state index in [1.807, 2.05) is 18.2 Å². The molecular formula is C20H19ClF3N5O2. The van der Waals surface area contributed by atoms with E-state index < -0.39 is 11.7 Å². The van der Waals surface area contributed by atoms with Crippen molar-refractivity contribution in [2.45, 2.75) is 12.7 Å². The topological polar surface area (TPSA) is 63.4 Å². The van der Waals surface area contributed by atoms with Crippen LogP contribution in [-0.4, -0.2) is 51.1 Å².